The summed E-state index contributed by atoms with van der Waals surface area (Å²) >= 11 is 0. The molecule has 1 aromatic rings. The molecule has 3 heteroatoms. The first-order valence-electron chi connectivity index (χ1n) is 5.11. The highest BCUT2D eigenvalue weighted by molar-refractivity contribution is 4.77. The molecule has 0 aliphatic carbocycles. The molecule has 1 aromatic heterocycles. The summed E-state index contributed by atoms with van der Waals surface area (Å²) in [5, 5.41) is 7.53. The van der Waals surface area contributed by atoms with Crippen molar-refractivity contribution >= 4 is 0 Å². The zero-order chi connectivity index (χ0) is 9.36. The fourth-order valence-electron chi connectivity index (χ4n) is 1.26. The molecule has 0 saturated carbocycles. The van der Waals surface area contributed by atoms with E-state index in [1.54, 1.807) is 0 Å². The zero-order valence-corrected chi connectivity index (χ0v) is 8.37. The van der Waals surface area contributed by atoms with Gasteiger partial charge >= 0.3 is 0 Å². The largest absolute Gasteiger partial charge is 0.317 e. The third-order valence-corrected chi connectivity index (χ3v) is 1.98. The van der Waals surface area contributed by atoms with Crippen molar-refractivity contribution in [2.75, 3.05) is 13.1 Å². The number of unbranched alkanes of at least 4 members (excludes halogenated alkanes) is 1. The molecule has 1 rings (SSSR count). The van der Waals surface area contributed by atoms with Crippen LogP contribution in [0.25, 0.3) is 0 Å². The van der Waals surface area contributed by atoms with Gasteiger partial charge in [0.1, 0.15) is 0 Å². The van der Waals surface area contributed by atoms with Crippen LogP contribution in [0, 0.1) is 0 Å². The van der Waals surface area contributed by atoms with E-state index >= 15 is 0 Å². The summed E-state index contributed by atoms with van der Waals surface area (Å²) in [7, 11) is 0. The molecule has 0 aliphatic rings. The summed E-state index contributed by atoms with van der Waals surface area (Å²) in [6.45, 7) is 5.51. The number of aromatic nitrogens is 2. The highest BCUT2D eigenvalue weighted by Crippen LogP contribution is 1.92. The van der Waals surface area contributed by atoms with Gasteiger partial charge < -0.3 is 5.32 Å². The van der Waals surface area contributed by atoms with Gasteiger partial charge in [0.2, 0.25) is 0 Å². The fraction of sp³-hybridized carbons (Fsp3) is 0.700. The van der Waals surface area contributed by atoms with Gasteiger partial charge in [-0.05, 0) is 38.4 Å². The Morgan fingerprint density at radius 3 is 2.92 bits per heavy atom. The third kappa shape index (κ3) is 4.68. The number of hydrogen-bond acceptors (Lipinski definition) is 2. The number of nitrogens with one attached hydrogen (secondary N) is 1. The summed E-state index contributed by atoms with van der Waals surface area (Å²) in [5.74, 6) is 0. The van der Waals surface area contributed by atoms with Crippen LogP contribution in [-0.2, 0) is 6.54 Å². The van der Waals surface area contributed by atoms with Crippen molar-refractivity contribution in [3.05, 3.63) is 18.5 Å². The molecule has 0 saturated heterocycles. The lowest BCUT2D eigenvalue weighted by molar-refractivity contribution is 0.535. The van der Waals surface area contributed by atoms with Gasteiger partial charge in [-0.2, -0.15) is 5.10 Å². The maximum Gasteiger partial charge on any atom is 0.0489 e. The van der Waals surface area contributed by atoms with Crippen molar-refractivity contribution < 1.29 is 0 Å². The number of aryl methyl sites for hydroxylation is 1. The predicted octanol–water partition coefficient (Wildman–Crippen LogP) is 1.66. The van der Waals surface area contributed by atoms with Crippen molar-refractivity contribution in [3.8, 4) is 0 Å². The van der Waals surface area contributed by atoms with E-state index < -0.39 is 0 Å². The van der Waals surface area contributed by atoms with E-state index in [0.717, 1.165) is 19.6 Å². The van der Waals surface area contributed by atoms with Crippen LogP contribution in [0.1, 0.15) is 26.2 Å². The minimum absolute atomic E-state index is 1.04. The molecule has 0 bridgehead atoms. The van der Waals surface area contributed by atoms with Crippen LogP contribution in [0.4, 0.5) is 0 Å². The quantitative estimate of drug-likeness (QED) is 0.648. The average Bonchev–Trinajstić information content (AvgIpc) is 2.63. The summed E-state index contributed by atoms with van der Waals surface area (Å²) in [6, 6.07) is 1.97. The molecule has 13 heavy (non-hydrogen) atoms. The van der Waals surface area contributed by atoms with Crippen molar-refractivity contribution in [3.63, 3.8) is 0 Å². The second-order valence-electron chi connectivity index (χ2n) is 3.23. The van der Waals surface area contributed by atoms with Gasteiger partial charge in [-0.1, -0.05) is 6.92 Å². The van der Waals surface area contributed by atoms with E-state index in [0.29, 0.717) is 0 Å². The molecule has 0 fully saturated rings. The summed E-state index contributed by atoms with van der Waals surface area (Å²) < 4.78 is 1.99. The van der Waals surface area contributed by atoms with E-state index in [9.17, 15) is 0 Å². The Morgan fingerprint density at radius 1 is 1.31 bits per heavy atom. The molecule has 74 valence electrons. The second-order valence-corrected chi connectivity index (χ2v) is 3.23. The summed E-state index contributed by atoms with van der Waals surface area (Å²) in [4.78, 5) is 0. The molecule has 1 heterocycles. The lowest BCUT2D eigenvalue weighted by Crippen LogP contribution is -2.16. The first-order chi connectivity index (χ1) is 6.43. The van der Waals surface area contributed by atoms with Crippen LogP contribution >= 0.6 is 0 Å². The fourth-order valence-corrected chi connectivity index (χ4v) is 1.26. The smallest absolute Gasteiger partial charge is 0.0489 e. The molecule has 3 nitrogen and oxygen atoms in total. The van der Waals surface area contributed by atoms with Crippen molar-refractivity contribution in [1.29, 1.82) is 0 Å². The highest BCUT2D eigenvalue weighted by Gasteiger charge is 1.90. The van der Waals surface area contributed by atoms with Crippen LogP contribution < -0.4 is 5.32 Å². The number of nitrogens with zero attached hydrogens (tertiary/aromatic N) is 2. The van der Waals surface area contributed by atoms with Crippen molar-refractivity contribution in [1.82, 2.24) is 15.1 Å². The minimum atomic E-state index is 1.04. The molecule has 0 atom stereocenters. The Balaban J connectivity index is 1.90. The van der Waals surface area contributed by atoms with Crippen LogP contribution in [0.2, 0.25) is 0 Å². The zero-order valence-electron chi connectivity index (χ0n) is 8.37. The molecular formula is C10H19N3. The topological polar surface area (TPSA) is 29.9 Å². The maximum atomic E-state index is 4.15. The van der Waals surface area contributed by atoms with E-state index in [1.807, 2.05) is 23.1 Å². The normalized spacial score (nSPS) is 10.5. The SMILES string of the molecule is CCCNCCCCn1cccn1. The van der Waals surface area contributed by atoms with E-state index in [-0.39, 0.29) is 0 Å². The highest BCUT2D eigenvalue weighted by atomic mass is 15.3. The maximum absolute atomic E-state index is 4.15. The standard InChI is InChI=1S/C10H19N3/c1-2-6-11-7-3-4-9-13-10-5-8-12-13/h5,8,10-11H,2-4,6-7,9H2,1H3. The molecule has 0 unspecified atom stereocenters. The molecular weight excluding hydrogens is 162 g/mol. The van der Waals surface area contributed by atoms with Gasteiger partial charge in [0.15, 0.2) is 0 Å². The summed E-state index contributed by atoms with van der Waals surface area (Å²) in [5.41, 5.74) is 0. The Hall–Kier alpha value is -0.830. The van der Waals surface area contributed by atoms with E-state index in [4.69, 9.17) is 0 Å². The van der Waals surface area contributed by atoms with Gasteiger partial charge in [0.05, 0.1) is 0 Å². The Bertz CT molecular complexity index is 194. The van der Waals surface area contributed by atoms with Gasteiger partial charge in [-0.3, -0.25) is 4.68 Å². The van der Waals surface area contributed by atoms with Gasteiger partial charge in [-0.25, -0.2) is 0 Å². The van der Waals surface area contributed by atoms with Crippen LogP contribution in [0.3, 0.4) is 0 Å². The lowest BCUT2D eigenvalue weighted by Gasteiger charge is -2.02. The summed E-state index contributed by atoms with van der Waals surface area (Å²) in [6.07, 6.45) is 7.51. The van der Waals surface area contributed by atoms with Crippen molar-refractivity contribution in [2.45, 2.75) is 32.7 Å². The van der Waals surface area contributed by atoms with E-state index in [1.165, 1.54) is 19.3 Å². The Kier molecular flexibility index (Phi) is 5.25. The monoisotopic (exact) mass is 181 g/mol. The predicted molar refractivity (Wildman–Crippen MR) is 54.6 cm³/mol. The average molecular weight is 181 g/mol. The van der Waals surface area contributed by atoms with Crippen molar-refractivity contribution in [2.24, 2.45) is 0 Å². The molecule has 0 amide bonds. The molecule has 0 radical (unpaired) electrons. The lowest BCUT2D eigenvalue weighted by atomic mass is 10.3. The van der Waals surface area contributed by atoms with Gasteiger partial charge in [-0.15, -0.1) is 0 Å². The molecule has 0 spiro atoms. The third-order valence-electron chi connectivity index (χ3n) is 1.98. The minimum Gasteiger partial charge on any atom is -0.317 e. The Morgan fingerprint density at radius 2 is 2.23 bits per heavy atom. The molecule has 0 aromatic carbocycles. The molecule has 1 N–H and O–H groups in total. The molecule has 0 aliphatic heterocycles. The first kappa shape index (κ1) is 10.3. The van der Waals surface area contributed by atoms with Crippen LogP contribution in [-0.4, -0.2) is 22.9 Å². The van der Waals surface area contributed by atoms with Gasteiger partial charge in [0, 0.05) is 18.9 Å². The number of rotatable bonds is 7. The van der Waals surface area contributed by atoms with Crippen LogP contribution in [0.5, 0.6) is 0 Å². The first-order valence-corrected chi connectivity index (χ1v) is 5.11. The second kappa shape index (κ2) is 6.66. The number of hydrogen-bond donors (Lipinski definition) is 1. The van der Waals surface area contributed by atoms with Crippen LogP contribution in [0.15, 0.2) is 18.5 Å². The Labute approximate surface area is 80.1 Å². The van der Waals surface area contributed by atoms with Gasteiger partial charge in [0.25, 0.3) is 0 Å². The van der Waals surface area contributed by atoms with E-state index in [2.05, 4.69) is 17.3 Å².